The van der Waals surface area contributed by atoms with E-state index in [0.29, 0.717) is 10.9 Å². The van der Waals surface area contributed by atoms with E-state index >= 15 is 0 Å². The molecule has 1 aromatic heterocycles. The number of hydrogen-bond donors (Lipinski definition) is 0. The zero-order valence-electron chi connectivity index (χ0n) is 12.5. The van der Waals surface area contributed by atoms with Gasteiger partial charge in [-0.25, -0.2) is 4.98 Å². The fourth-order valence-corrected chi connectivity index (χ4v) is 2.13. The van der Waals surface area contributed by atoms with E-state index in [9.17, 15) is 4.79 Å². The summed E-state index contributed by atoms with van der Waals surface area (Å²) in [4.78, 5) is 18.6. The summed E-state index contributed by atoms with van der Waals surface area (Å²) in [7, 11) is 3.98. The molecule has 0 radical (unpaired) electrons. The topological polar surface area (TPSA) is 50.5 Å². The Hall–Kier alpha value is -2.95. The van der Waals surface area contributed by atoms with Crippen molar-refractivity contribution in [2.75, 3.05) is 19.0 Å². The van der Waals surface area contributed by atoms with Gasteiger partial charge < -0.3 is 4.90 Å². The van der Waals surface area contributed by atoms with E-state index in [1.54, 1.807) is 12.3 Å². The fraction of sp³-hybridized carbons (Fsp3) is 0.118. The average molecular weight is 292 g/mol. The van der Waals surface area contributed by atoms with Crippen LogP contribution in [0.3, 0.4) is 0 Å². The Labute approximate surface area is 128 Å². The van der Waals surface area contributed by atoms with Crippen LogP contribution in [0.4, 0.5) is 5.69 Å². The summed E-state index contributed by atoms with van der Waals surface area (Å²) < 4.78 is 1.25. The largest absolute Gasteiger partial charge is 0.378 e. The lowest BCUT2D eigenvalue weighted by Gasteiger charge is -2.11. The molecule has 5 heteroatoms. The maximum atomic E-state index is 12.3. The standard InChI is InChI=1S/C17H16N4O/c1-20(2)14-9-7-13(8-10-14)11-19-21-12-18-16-6-4-3-5-15(16)17(21)22/h3-12H,1-2H3/b19-11+. The molecule has 0 spiro atoms. The highest BCUT2D eigenvalue weighted by atomic mass is 16.1. The third-order valence-corrected chi connectivity index (χ3v) is 3.39. The van der Waals surface area contributed by atoms with Crippen LogP contribution in [0, 0.1) is 0 Å². The highest BCUT2D eigenvalue weighted by Crippen LogP contribution is 2.11. The van der Waals surface area contributed by atoms with E-state index in [-0.39, 0.29) is 5.56 Å². The van der Waals surface area contributed by atoms with Crippen LogP contribution in [-0.4, -0.2) is 30.0 Å². The van der Waals surface area contributed by atoms with E-state index in [4.69, 9.17) is 0 Å². The van der Waals surface area contributed by atoms with Gasteiger partial charge in [0.1, 0.15) is 6.33 Å². The van der Waals surface area contributed by atoms with Crippen molar-refractivity contribution in [3.8, 4) is 0 Å². The van der Waals surface area contributed by atoms with Crippen molar-refractivity contribution in [2.24, 2.45) is 5.10 Å². The summed E-state index contributed by atoms with van der Waals surface area (Å²) in [5.41, 5.74) is 2.54. The maximum Gasteiger partial charge on any atom is 0.281 e. The molecule has 2 aromatic carbocycles. The van der Waals surface area contributed by atoms with Crippen LogP contribution in [0.2, 0.25) is 0 Å². The van der Waals surface area contributed by atoms with Gasteiger partial charge in [-0.3, -0.25) is 4.79 Å². The minimum Gasteiger partial charge on any atom is -0.378 e. The van der Waals surface area contributed by atoms with Gasteiger partial charge in [0.25, 0.3) is 5.56 Å². The second-order valence-corrected chi connectivity index (χ2v) is 5.14. The number of rotatable bonds is 3. The number of benzene rings is 2. The van der Waals surface area contributed by atoms with Gasteiger partial charge in [0.15, 0.2) is 0 Å². The van der Waals surface area contributed by atoms with Crippen LogP contribution < -0.4 is 10.5 Å². The zero-order valence-corrected chi connectivity index (χ0v) is 12.5. The van der Waals surface area contributed by atoms with Gasteiger partial charge in [-0.1, -0.05) is 24.3 Å². The molecular weight excluding hydrogens is 276 g/mol. The molecule has 0 unspecified atom stereocenters. The monoisotopic (exact) mass is 292 g/mol. The normalized spacial score (nSPS) is 11.2. The summed E-state index contributed by atoms with van der Waals surface area (Å²) in [5, 5.41) is 4.76. The van der Waals surface area contributed by atoms with E-state index < -0.39 is 0 Å². The van der Waals surface area contributed by atoms with Crippen LogP contribution in [0.25, 0.3) is 10.9 Å². The number of para-hydroxylation sites is 1. The number of hydrogen-bond acceptors (Lipinski definition) is 4. The van der Waals surface area contributed by atoms with Gasteiger partial charge in [0, 0.05) is 19.8 Å². The molecule has 0 amide bonds. The Morgan fingerprint density at radius 1 is 1.09 bits per heavy atom. The van der Waals surface area contributed by atoms with Crippen LogP contribution in [0.1, 0.15) is 5.56 Å². The van der Waals surface area contributed by atoms with E-state index in [0.717, 1.165) is 11.3 Å². The molecule has 110 valence electrons. The van der Waals surface area contributed by atoms with Gasteiger partial charge in [0.05, 0.1) is 17.1 Å². The summed E-state index contributed by atoms with van der Waals surface area (Å²) in [6.07, 6.45) is 3.09. The number of anilines is 1. The first-order valence-electron chi connectivity index (χ1n) is 6.93. The number of aromatic nitrogens is 2. The second-order valence-electron chi connectivity index (χ2n) is 5.14. The van der Waals surface area contributed by atoms with Gasteiger partial charge in [-0.05, 0) is 29.8 Å². The molecule has 1 heterocycles. The summed E-state index contributed by atoms with van der Waals surface area (Å²) >= 11 is 0. The lowest BCUT2D eigenvalue weighted by Crippen LogP contribution is -2.17. The minimum atomic E-state index is -0.174. The smallest absolute Gasteiger partial charge is 0.281 e. The second kappa shape index (κ2) is 5.81. The zero-order chi connectivity index (χ0) is 15.5. The first-order valence-corrected chi connectivity index (χ1v) is 6.93. The van der Waals surface area contributed by atoms with Crippen molar-refractivity contribution in [1.82, 2.24) is 9.66 Å². The molecule has 0 aliphatic heterocycles. The van der Waals surface area contributed by atoms with E-state index in [2.05, 4.69) is 10.1 Å². The quantitative estimate of drug-likeness (QED) is 0.696. The van der Waals surface area contributed by atoms with Crippen molar-refractivity contribution < 1.29 is 0 Å². The van der Waals surface area contributed by atoms with Crippen molar-refractivity contribution in [3.05, 3.63) is 70.8 Å². The van der Waals surface area contributed by atoms with E-state index in [1.165, 1.54) is 11.0 Å². The molecule has 0 saturated heterocycles. The van der Waals surface area contributed by atoms with Crippen LogP contribution in [-0.2, 0) is 0 Å². The van der Waals surface area contributed by atoms with Gasteiger partial charge in [-0.2, -0.15) is 9.78 Å². The van der Waals surface area contributed by atoms with Crippen molar-refractivity contribution in [3.63, 3.8) is 0 Å². The molecule has 3 rings (SSSR count). The molecule has 5 nitrogen and oxygen atoms in total. The van der Waals surface area contributed by atoms with Gasteiger partial charge in [0.2, 0.25) is 0 Å². The number of fused-ring (bicyclic) bond motifs is 1. The predicted molar refractivity (Wildman–Crippen MR) is 89.8 cm³/mol. The molecule has 0 aliphatic carbocycles. The van der Waals surface area contributed by atoms with Crippen LogP contribution in [0.5, 0.6) is 0 Å². The Kier molecular flexibility index (Phi) is 3.70. The first kappa shape index (κ1) is 14.0. The summed E-state index contributed by atoms with van der Waals surface area (Å²) in [6, 6.07) is 15.2. The highest BCUT2D eigenvalue weighted by molar-refractivity contribution is 5.81. The Bertz CT molecular complexity index is 879. The van der Waals surface area contributed by atoms with Crippen molar-refractivity contribution >= 4 is 22.8 Å². The highest BCUT2D eigenvalue weighted by Gasteiger charge is 2.01. The molecule has 0 atom stereocenters. The predicted octanol–water partition coefficient (Wildman–Crippen LogP) is 2.34. The summed E-state index contributed by atoms with van der Waals surface area (Å²) in [5.74, 6) is 0. The molecule has 0 bridgehead atoms. The maximum absolute atomic E-state index is 12.3. The molecule has 0 fully saturated rings. The minimum absolute atomic E-state index is 0.174. The van der Waals surface area contributed by atoms with Crippen LogP contribution >= 0.6 is 0 Å². The van der Waals surface area contributed by atoms with Crippen LogP contribution in [0.15, 0.2) is 64.8 Å². The Morgan fingerprint density at radius 2 is 1.82 bits per heavy atom. The molecule has 0 N–H and O–H groups in total. The number of nitrogens with zero attached hydrogens (tertiary/aromatic N) is 4. The SMILES string of the molecule is CN(C)c1ccc(/C=N/n2cnc3ccccc3c2=O)cc1. The average Bonchev–Trinajstić information content (AvgIpc) is 2.55. The van der Waals surface area contributed by atoms with Crippen molar-refractivity contribution in [2.45, 2.75) is 0 Å². The lowest BCUT2D eigenvalue weighted by atomic mass is 10.2. The third kappa shape index (κ3) is 2.74. The third-order valence-electron chi connectivity index (χ3n) is 3.39. The van der Waals surface area contributed by atoms with Gasteiger partial charge >= 0.3 is 0 Å². The Balaban J connectivity index is 1.92. The lowest BCUT2D eigenvalue weighted by molar-refractivity contribution is 0.817. The molecular formula is C17H16N4O. The summed E-state index contributed by atoms with van der Waals surface area (Å²) in [6.45, 7) is 0. The molecule has 3 aromatic rings. The van der Waals surface area contributed by atoms with Gasteiger partial charge in [-0.15, -0.1) is 0 Å². The Morgan fingerprint density at radius 3 is 2.55 bits per heavy atom. The first-order chi connectivity index (χ1) is 10.6. The molecule has 0 aliphatic rings. The van der Waals surface area contributed by atoms with Crippen molar-refractivity contribution in [1.29, 1.82) is 0 Å². The molecule has 22 heavy (non-hydrogen) atoms. The van der Waals surface area contributed by atoms with E-state index in [1.807, 2.05) is 61.5 Å². The molecule has 0 saturated carbocycles. The fourth-order valence-electron chi connectivity index (χ4n) is 2.13.